The molecule has 32 heavy (non-hydrogen) atoms. The summed E-state index contributed by atoms with van der Waals surface area (Å²) in [6.45, 7) is 1.13. The van der Waals surface area contributed by atoms with Gasteiger partial charge in [-0.15, -0.1) is 0 Å². The van der Waals surface area contributed by atoms with Crippen molar-refractivity contribution in [1.82, 2.24) is 9.78 Å². The van der Waals surface area contributed by atoms with Crippen LogP contribution in [-0.2, 0) is 21.2 Å². The Morgan fingerprint density at radius 3 is 2.31 bits per heavy atom. The average molecular weight is 477 g/mol. The standard InChI is InChI=1S/C19H22F3N3O6S/c1-18(2,10-26)11-31-16-14(7-24-25(17(16)28)9-19(20,21)22)12-3-5-13(6-4-12)32(29,30)8-15(23)27/h3-7,26H,8-11H2,1-2H3,(H2,23,27). The minimum atomic E-state index is -4.70. The van der Waals surface area contributed by atoms with E-state index in [9.17, 15) is 36.3 Å². The van der Waals surface area contributed by atoms with Gasteiger partial charge in [-0.05, 0) is 17.7 Å². The largest absolute Gasteiger partial charge is 0.487 e. The number of alkyl halides is 3. The molecule has 3 N–H and O–H groups in total. The van der Waals surface area contributed by atoms with Gasteiger partial charge in [-0.3, -0.25) is 9.59 Å². The van der Waals surface area contributed by atoms with E-state index in [2.05, 4.69) is 5.10 Å². The van der Waals surface area contributed by atoms with Gasteiger partial charge in [-0.1, -0.05) is 26.0 Å². The highest BCUT2D eigenvalue weighted by Crippen LogP contribution is 2.29. The first-order chi connectivity index (χ1) is 14.6. The highest BCUT2D eigenvalue weighted by molar-refractivity contribution is 7.92. The van der Waals surface area contributed by atoms with Crippen molar-refractivity contribution in [2.24, 2.45) is 11.1 Å². The fourth-order valence-electron chi connectivity index (χ4n) is 2.52. The summed E-state index contributed by atoms with van der Waals surface area (Å²) in [6, 6.07) is 4.91. The van der Waals surface area contributed by atoms with E-state index in [1.807, 2.05) is 0 Å². The molecule has 0 bridgehead atoms. The molecule has 9 nitrogen and oxygen atoms in total. The molecule has 0 saturated carbocycles. The third-order valence-electron chi connectivity index (χ3n) is 4.22. The first-order valence-corrected chi connectivity index (χ1v) is 10.8. The number of aliphatic hydroxyl groups excluding tert-OH is 1. The topological polar surface area (TPSA) is 142 Å². The zero-order valence-corrected chi connectivity index (χ0v) is 18.0. The van der Waals surface area contributed by atoms with Crippen molar-refractivity contribution in [3.63, 3.8) is 0 Å². The number of benzene rings is 1. The van der Waals surface area contributed by atoms with Gasteiger partial charge in [0.15, 0.2) is 15.6 Å². The van der Waals surface area contributed by atoms with E-state index in [0.29, 0.717) is 0 Å². The highest BCUT2D eigenvalue weighted by Gasteiger charge is 2.31. The number of halogens is 3. The number of aliphatic hydroxyl groups is 1. The van der Waals surface area contributed by atoms with E-state index in [-0.39, 0.29) is 33.9 Å². The predicted octanol–water partition coefficient (Wildman–Crippen LogP) is 1.13. The Kier molecular flexibility index (Phi) is 7.35. The summed E-state index contributed by atoms with van der Waals surface area (Å²) in [5.74, 6) is -2.36. The maximum atomic E-state index is 12.8. The van der Waals surface area contributed by atoms with Crippen molar-refractivity contribution in [2.75, 3.05) is 19.0 Å². The van der Waals surface area contributed by atoms with Crippen LogP contribution in [0.25, 0.3) is 11.1 Å². The van der Waals surface area contributed by atoms with Crippen molar-refractivity contribution >= 4 is 15.7 Å². The van der Waals surface area contributed by atoms with Crippen molar-refractivity contribution in [3.8, 4) is 16.9 Å². The minimum Gasteiger partial charge on any atom is -0.487 e. The summed E-state index contributed by atoms with van der Waals surface area (Å²) in [5, 5.41) is 12.9. The van der Waals surface area contributed by atoms with Crippen LogP contribution in [0.15, 0.2) is 40.2 Å². The lowest BCUT2D eigenvalue weighted by atomic mass is 9.96. The number of carbonyl (C=O) groups excluding carboxylic acids is 1. The van der Waals surface area contributed by atoms with Crippen LogP contribution in [0.2, 0.25) is 0 Å². The molecule has 0 fully saturated rings. The summed E-state index contributed by atoms with van der Waals surface area (Å²) in [7, 11) is -3.98. The molecule has 2 aromatic rings. The Morgan fingerprint density at radius 1 is 1.22 bits per heavy atom. The maximum Gasteiger partial charge on any atom is 0.408 e. The molecule has 0 saturated heterocycles. The average Bonchev–Trinajstić information content (AvgIpc) is 2.66. The van der Waals surface area contributed by atoms with Crippen LogP contribution in [0.4, 0.5) is 13.2 Å². The molecule has 2 rings (SSSR count). The predicted molar refractivity (Wildman–Crippen MR) is 108 cm³/mol. The van der Waals surface area contributed by atoms with E-state index in [1.165, 1.54) is 12.1 Å². The van der Waals surface area contributed by atoms with Crippen molar-refractivity contribution < 1.29 is 36.2 Å². The fraction of sp³-hybridized carbons (Fsp3) is 0.421. The molecule has 13 heteroatoms. The van der Waals surface area contributed by atoms with Gasteiger partial charge in [0.2, 0.25) is 5.91 Å². The second-order valence-corrected chi connectivity index (χ2v) is 9.82. The molecule has 1 aromatic heterocycles. The lowest BCUT2D eigenvalue weighted by Crippen LogP contribution is -2.33. The lowest BCUT2D eigenvalue weighted by molar-refractivity contribution is -0.143. The number of ether oxygens (including phenoxy) is 1. The number of sulfone groups is 1. The maximum absolute atomic E-state index is 12.8. The van der Waals surface area contributed by atoms with Crippen LogP contribution in [-0.4, -0.2) is 54.4 Å². The van der Waals surface area contributed by atoms with Gasteiger partial charge >= 0.3 is 11.7 Å². The molecule has 0 aliphatic rings. The van der Waals surface area contributed by atoms with Gasteiger partial charge in [0.1, 0.15) is 12.3 Å². The number of primary amides is 1. The number of carbonyl (C=O) groups is 1. The molecule has 1 aromatic carbocycles. The van der Waals surface area contributed by atoms with Crippen LogP contribution >= 0.6 is 0 Å². The van der Waals surface area contributed by atoms with Gasteiger partial charge in [0.25, 0.3) is 0 Å². The number of nitrogens with two attached hydrogens (primary N) is 1. The number of rotatable bonds is 9. The van der Waals surface area contributed by atoms with Crippen LogP contribution in [0, 0.1) is 5.41 Å². The summed E-state index contributed by atoms with van der Waals surface area (Å²) in [4.78, 5) is 23.4. The van der Waals surface area contributed by atoms with Crippen LogP contribution in [0.3, 0.4) is 0 Å². The van der Waals surface area contributed by atoms with Gasteiger partial charge in [-0.25, -0.2) is 13.1 Å². The Labute approximate surface area is 181 Å². The third kappa shape index (κ3) is 6.53. The zero-order valence-electron chi connectivity index (χ0n) is 17.2. The van der Waals surface area contributed by atoms with E-state index >= 15 is 0 Å². The molecular formula is C19H22F3N3O6S. The van der Waals surface area contributed by atoms with Crippen LogP contribution in [0.1, 0.15) is 13.8 Å². The van der Waals surface area contributed by atoms with Crippen LogP contribution in [0.5, 0.6) is 5.75 Å². The van der Waals surface area contributed by atoms with Gasteiger partial charge in [0.05, 0.1) is 24.3 Å². The molecule has 1 amide bonds. The fourth-order valence-corrected chi connectivity index (χ4v) is 3.62. The molecular weight excluding hydrogens is 455 g/mol. The number of hydrogen-bond acceptors (Lipinski definition) is 7. The lowest BCUT2D eigenvalue weighted by Gasteiger charge is -2.23. The SMILES string of the molecule is CC(C)(CO)COc1c(-c2ccc(S(=O)(=O)CC(N)=O)cc2)cnn(CC(F)(F)F)c1=O. The number of hydrogen-bond donors (Lipinski definition) is 2. The summed E-state index contributed by atoms with van der Waals surface area (Å²) in [5.41, 5.74) is 3.26. The molecule has 0 aliphatic heterocycles. The smallest absolute Gasteiger partial charge is 0.408 e. The van der Waals surface area contributed by atoms with E-state index in [1.54, 1.807) is 13.8 Å². The molecule has 0 aliphatic carbocycles. The van der Waals surface area contributed by atoms with Crippen LogP contribution < -0.4 is 16.0 Å². The minimum absolute atomic E-state index is 0.0287. The molecule has 1 heterocycles. The Bertz CT molecular complexity index is 1140. The monoisotopic (exact) mass is 477 g/mol. The first-order valence-electron chi connectivity index (χ1n) is 9.17. The number of aromatic nitrogens is 2. The normalized spacial score (nSPS) is 12.6. The summed E-state index contributed by atoms with van der Waals surface area (Å²) in [6.07, 6.45) is -3.70. The Hall–Kier alpha value is -2.93. The van der Waals surface area contributed by atoms with E-state index < -0.39 is 50.9 Å². The van der Waals surface area contributed by atoms with Gasteiger partial charge in [0, 0.05) is 11.0 Å². The number of amides is 1. The number of nitrogens with zero attached hydrogens (tertiary/aromatic N) is 2. The highest BCUT2D eigenvalue weighted by atomic mass is 32.2. The third-order valence-corrected chi connectivity index (χ3v) is 5.88. The van der Waals surface area contributed by atoms with Crippen molar-refractivity contribution in [3.05, 3.63) is 40.8 Å². The summed E-state index contributed by atoms with van der Waals surface area (Å²) < 4.78 is 68.3. The van der Waals surface area contributed by atoms with Gasteiger partial charge < -0.3 is 15.6 Å². The van der Waals surface area contributed by atoms with E-state index in [0.717, 1.165) is 18.3 Å². The molecule has 0 atom stereocenters. The van der Waals surface area contributed by atoms with Gasteiger partial charge in [-0.2, -0.15) is 18.3 Å². The molecule has 0 radical (unpaired) electrons. The zero-order chi connectivity index (χ0) is 24.3. The summed E-state index contributed by atoms with van der Waals surface area (Å²) >= 11 is 0. The molecule has 176 valence electrons. The second-order valence-electron chi connectivity index (χ2n) is 7.83. The first kappa shape index (κ1) is 25.3. The van der Waals surface area contributed by atoms with Crippen molar-refractivity contribution in [1.29, 1.82) is 0 Å². The Morgan fingerprint density at radius 2 is 1.81 bits per heavy atom. The molecule has 0 unspecified atom stereocenters. The quantitative estimate of drug-likeness (QED) is 0.551. The van der Waals surface area contributed by atoms with E-state index in [4.69, 9.17) is 10.5 Å². The second kappa shape index (κ2) is 9.28. The Balaban J connectivity index is 2.53. The van der Waals surface area contributed by atoms with Crippen molar-refractivity contribution in [2.45, 2.75) is 31.5 Å². The molecule has 0 spiro atoms.